The average molecular weight is 572 g/mol. The van der Waals surface area contributed by atoms with Crippen molar-refractivity contribution in [2.24, 2.45) is 4.99 Å². The van der Waals surface area contributed by atoms with E-state index in [2.05, 4.69) is 39.2 Å². The normalized spacial score (nSPS) is 10.9. The van der Waals surface area contributed by atoms with Crippen LogP contribution in [-0.4, -0.2) is 46.6 Å². The molecule has 0 unspecified atom stereocenters. The van der Waals surface area contributed by atoms with Crippen LogP contribution in [0.1, 0.15) is 16.7 Å². The Morgan fingerprint density at radius 2 is 1.42 bits per heavy atom. The molecule has 43 heavy (non-hydrogen) atoms. The predicted octanol–water partition coefficient (Wildman–Crippen LogP) is 5.98. The lowest BCUT2D eigenvalue weighted by atomic mass is 10.0. The van der Waals surface area contributed by atoms with Crippen LogP contribution in [0.25, 0.3) is 22.9 Å². The van der Waals surface area contributed by atoms with Crippen LogP contribution in [0.3, 0.4) is 0 Å². The summed E-state index contributed by atoms with van der Waals surface area (Å²) in [5.41, 5.74) is 5.79. The fraction of sp³-hybridized carbons (Fsp3) is 0.118. The molecule has 4 aromatic carbocycles. The first-order valence-corrected chi connectivity index (χ1v) is 13.6. The van der Waals surface area contributed by atoms with Gasteiger partial charge in [0.2, 0.25) is 5.75 Å². The number of nitrogens with zero attached hydrogens (tertiary/aromatic N) is 4. The first-order valence-electron chi connectivity index (χ1n) is 13.6. The highest BCUT2D eigenvalue weighted by atomic mass is 16.5. The van der Waals surface area contributed by atoms with E-state index in [0.717, 1.165) is 39.3 Å². The van der Waals surface area contributed by atoms with E-state index in [9.17, 15) is 4.79 Å². The van der Waals surface area contributed by atoms with Gasteiger partial charge in [-0.05, 0) is 29.8 Å². The van der Waals surface area contributed by atoms with Gasteiger partial charge < -0.3 is 18.8 Å². The molecular weight excluding hydrogens is 542 g/mol. The molecule has 0 saturated heterocycles. The Hall–Kier alpha value is -5.70. The van der Waals surface area contributed by atoms with E-state index in [-0.39, 0.29) is 0 Å². The zero-order chi connectivity index (χ0) is 29.8. The first-order chi connectivity index (χ1) is 21.1. The highest BCUT2D eigenvalue weighted by Gasteiger charge is 2.21. The monoisotopic (exact) mass is 571 g/mol. The third-order valence-electron chi connectivity index (χ3n) is 7.08. The van der Waals surface area contributed by atoms with Crippen LogP contribution in [-0.2, 0) is 6.54 Å². The van der Waals surface area contributed by atoms with Gasteiger partial charge >= 0.3 is 5.69 Å². The molecule has 1 N–H and O–H groups in total. The molecule has 214 valence electrons. The third-order valence-corrected chi connectivity index (χ3v) is 7.08. The van der Waals surface area contributed by atoms with Gasteiger partial charge in [0.1, 0.15) is 0 Å². The van der Waals surface area contributed by atoms with E-state index in [1.807, 2.05) is 77.4 Å². The number of hydrogen-bond acceptors (Lipinski definition) is 7. The molecule has 2 aliphatic heterocycles. The van der Waals surface area contributed by atoms with Crippen molar-refractivity contribution in [3.63, 3.8) is 0 Å². The molecule has 0 radical (unpaired) electrons. The summed E-state index contributed by atoms with van der Waals surface area (Å²) in [5.74, 6) is 2.33. The Kier molecular flexibility index (Phi) is 7.69. The number of aromatic nitrogens is 4. The Labute approximate surface area is 248 Å². The third kappa shape index (κ3) is 5.60. The summed E-state index contributed by atoms with van der Waals surface area (Å²) in [4.78, 5) is 28.6. The fourth-order valence-electron chi connectivity index (χ4n) is 5.02. The number of imidazole rings is 1. The van der Waals surface area contributed by atoms with E-state index < -0.39 is 5.69 Å². The van der Waals surface area contributed by atoms with Crippen molar-refractivity contribution in [1.29, 1.82) is 0 Å². The molecule has 0 saturated carbocycles. The fourth-order valence-corrected chi connectivity index (χ4v) is 5.02. The van der Waals surface area contributed by atoms with Gasteiger partial charge in [0.25, 0.3) is 0 Å². The van der Waals surface area contributed by atoms with Crippen LogP contribution >= 0.6 is 0 Å². The number of H-pyrrole nitrogens is 1. The number of rotatable bonds is 9. The highest BCUT2D eigenvalue weighted by molar-refractivity contribution is 6.13. The molecule has 9 heteroatoms. The van der Waals surface area contributed by atoms with Crippen LogP contribution in [0.2, 0.25) is 0 Å². The average Bonchev–Trinajstić information content (AvgIpc) is 3.45. The maximum Gasteiger partial charge on any atom is 0.348 e. The summed E-state index contributed by atoms with van der Waals surface area (Å²) < 4.78 is 18.6. The minimum absolute atomic E-state index is 0.401. The summed E-state index contributed by atoms with van der Waals surface area (Å²) in [6.07, 6.45) is 1.70. The van der Waals surface area contributed by atoms with Crippen LogP contribution in [0.15, 0.2) is 113 Å². The van der Waals surface area contributed by atoms with Crippen molar-refractivity contribution in [2.75, 3.05) is 21.3 Å². The number of benzene rings is 4. The molecule has 6 rings (SSSR count). The standard InChI is InChI=1S/C34H29N5O4/c1-41-28-18-25(19-29(42-2)31(28)43-3)27-20-35-32-33(38-34(40)37-32)39(27)21-22-14-16-26(17-15-22)36-30(23-10-6-4-7-11-23)24-12-8-5-9-13-24/h4-20H,21H2,1-3H3,(H,35,37,40). The van der Waals surface area contributed by atoms with Gasteiger partial charge in [-0.25, -0.2) is 14.8 Å². The molecule has 0 bridgehead atoms. The van der Waals surface area contributed by atoms with Gasteiger partial charge in [-0.2, -0.15) is 4.98 Å². The molecule has 2 heterocycles. The number of aromatic amines is 1. The van der Waals surface area contributed by atoms with Gasteiger partial charge in [-0.1, -0.05) is 72.8 Å². The van der Waals surface area contributed by atoms with E-state index in [1.54, 1.807) is 27.5 Å². The lowest BCUT2D eigenvalue weighted by molar-refractivity contribution is 0.324. The molecule has 0 aromatic heterocycles. The minimum Gasteiger partial charge on any atom is -0.493 e. The molecule has 0 aliphatic carbocycles. The van der Waals surface area contributed by atoms with Gasteiger partial charge in [-0.15, -0.1) is 0 Å². The van der Waals surface area contributed by atoms with Crippen LogP contribution in [0.4, 0.5) is 5.69 Å². The Morgan fingerprint density at radius 1 is 0.814 bits per heavy atom. The predicted molar refractivity (Wildman–Crippen MR) is 166 cm³/mol. The van der Waals surface area contributed by atoms with E-state index >= 15 is 0 Å². The largest absolute Gasteiger partial charge is 0.493 e. The smallest absolute Gasteiger partial charge is 0.348 e. The number of hydrogen-bond donors (Lipinski definition) is 1. The first kappa shape index (κ1) is 27.5. The zero-order valence-electron chi connectivity index (χ0n) is 23.9. The molecule has 0 fully saturated rings. The number of methoxy groups -OCH3 is 3. The van der Waals surface area contributed by atoms with Gasteiger partial charge in [0.05, 0.1) is 44.6 Å². The van der Waals surface area contributed by atoms with E-state index in [4.69, 9.17) is 19.2 Å². The van der Waals surface area contributed by atoms with Crippen molar-refractivity contribution in [1.82, 2.24) is 19.5 Å². The Morgan fingerprint density at radius 3 is 1.98 bits per heavy atom. The summed E-state index contributed by atoms with van der Waals surface area (Å²) in [5, 5.41) is 0. The van der Waals surface area contributed by atoms with Crippen LogP contribution < -0.4 is 19.9 Å². The number of fused-ring (bicyclic) bond motifs is 1. The summed E-state index contributed by atoms with van der Waals surface area (Å²) >= 11 is 0. The van der Waals surface area contributed by atoms with Gasteiger partial charge in [0, 0.05) is 23.2 Å². The Balaban J connectivity index is 1.40. The van der Waals surface area contributed by atoms with Crippen molar-refractivity contribution in [3.05, 3.63) is 130 Å². The van der Waals surface area contributed by atoms with Crippen molar-refractivity contribution in [2.45, 2.75) is 6.54 Å². The molecule has 0 spiro atoms. The topological polar surface area (TPSA) is 104 Å². The summed E-state index contributed by atoms with van der Waals surface area (Å²) in [6, 6.07) is 32.0. The van der Waals surface area contributed by atoms with Crippen molar-refractivity contribution >= 4 is 11.4 Å². The molecule has 2 aliphatic rings. The van der Waals surface area contributed by atoms with E-state index in [0.29, 0.717) is 35.4 Å². The number of aliphatic imine (C=N–C) groups is 1. The maximum atomic E-state index is 12.2. The quantitative estimate of drug-likeness (QED) is 0.214. The second-order valence-electron chi connectivity index (χ2n) is 9.72. The Bertz CT molecular complexity index is 1850. The zero-order valence-corrected chi connectivity index (χ0v) is 23.9. The SMILES string of the molecule is COc1cc(-c2cnc3[nH]c(=O)nc-3n2Cc2ccc(N=C(c3ccccc3)c3ccccc3)cc2)cc(OC)c1OC. The number of nitrogens with one attached hydrogen (secondary N) is 1. The van der Waals surface area contributed by atoms with Crippen molar-refractivity contribution < 1.29 is 14.2 Å². The lowest BCUT2D eigenvalue weighted by Gasteiger charge is -2.19. The summed E-state index contributed by atoms with van der Waals surface area (Å²) in [6.45, 7) is 0.420. The highest BCUT2D eigenvalue weighted by Crippen LogP contribution is 2.41. The minimum atomic E-state index is -0.461. The molecule has 4 aromatic rings. The van der Waals surface area contributed by atoms with Crippen LogP contribution in [0.5, 0.6) is 17.2 Å². The second-order valence-corrected chi connectivity index (χ2v) is 9.72. The van der Waals surface area contributed by atoms with Crippen LogP contribution in [0, 0.1) is 0 Å². The lowest BCUT2D eigenvalue weighted by Crippen LogP contribution is -2.11. The molecule has 9 nitrogen and oxygen atoms in total. The number of ether oxygens (including phenoxy) is 3. The van der Waals surface area contributed by atoms with Crippen molar-refractivity contribution in [3.8, 4) is 40.2 Å². The molecule has 0 atom stereocenters. The molecule has 0 amide bonds. The summed E-state index contributed by atoms with van der Waals surface area (Å²) in [7, 11) is 4.70. The molecular formula is C34H29N5O4. The van der Waals surface area contributed by atoms with Gasteiger partial charge in [0.15, 0.2) is 23.1 Å². The van der Waals surface area contributed by atoms with Gasteiger partial charge in [-0.3, -0.25) is 4.98 Å². The second kappa shape index (κ2) is 12.0. The van der Waals surface area contributed by atoms with E-state index in [1.165, 1.54) is 0 Å². The maximum absolute atomic E-state index is 12.2.